The van der Waals surface area contributed by atoms with Crippen molar-refractivity contribution in [2.45, 2.75) is 38.6 Å². The molecule has 0 spiro atoms. The largest absolute Gasteiger partial charge is 0.443 e. The second-order valence-corrected chi connectivity index (χ2v) is 6.88. The molecule has 1 amide bonds. The lowest BCUT2D eigenvalue weighted by Gasteiger charge is -2.33. The predicted octanol–water partition coefficient (Wildman–Crippen LogP) is 3.73. The number of carbonyl (C=O) groups excluding carboxylic acids is 1. The van der Waals surface area contributed by atoms with Gasteiger partial charge in [-0.1, -0.05) is 30.3 Å². The van der Waals surface area contributed by atoms with Crippen molar-refractivity contribution < 1.29 is 9.21 Å². The van der Waals surface area contributed by atoms with Gasteiger partial charge in [0.1, 0.15) is 17.5 Å². The maximum atomic E-state index is 12.9. The van der Waals surface area contributed by atoms with E-state index in [0.29, 0.717) is 24.6 Å². The van der Waals surface area contributed by atoms with E-state index >= 15 is 0 Å². The lowest BCUT2D eigenvalue weighted by atomic mass is 10.0. The molecule has 1 fully saturated rings. The fourth-order valence-electron chi connectivity index (χ4n) is 3.44. The quantitative estimate of drug-likeness (QED) is 0.707. The number of piperidine rings is 1. The van der Waals surface area contributed by atoms with Gasteiger partial charge >= 0.3 is 0 Å². The van der Waals surface area contributed by atoms with Crippen LogP contribution in [0.1, 0.15) is 58.7 Å². The van der Waals surface area contributed by atoms with E-state index < -0.39 is 0 Å². The van der Waals surface area contributed by atoms with Crippen molar-refractivity contribution in [2.24, 2.45) is 0 Å². The van der Waals surface area contributed by atoms with Gasteiger partial charge in [-0.25, -0.2) is 9.97 Å². The maximum absolute atomic E-state index is 12.9. The van der Waals surface area contributed by atoms with Gasteiger partial charge in [-0.15, -0.1) is 0 Å². The Morgan fingerprint density at radius 3 is 2.74 bits per heavy atom. The highest BCUT2D eigenvalue weighted by molar-refractivity contribution is 5.92. The lowest BCUT2D eigenvalue weighted by Crippen LogP contribution is -2.39. The molecule has 27 heavy (non-hydrogen) atoms. The average molecular weight is 362 g/mol. The second kappa shape index (κ2) is 7.70. The highest BCUT2D eigenvalue weighted by Gasteiger charge is 2.32. The Kier molecular flexibility index (Phi) is 4.96. The minimum absolute atomic E-state index is 0.116. The normalized spacial score (nSPS) is 17.1. The molecule has 1 atom stereocenters. The third-order valence-electron chi connectivity index (χ3n) is 4.84. The van der Waals surface area contributed by atoms with E-state index in [0.717, 1.165) is 30.7 Å². The van der Waals surface area contributed by atoms with Gasteiger partial charge in [0.15, 0.2) is 0 Å². The second-order valence-electron chi connectivity index (χ2n) is 6.88. The van der Waals surface area contributed by atoms with Crippen LogP contribution in [0.2, 0.25) is 0 Å². The highest BCUT2D eigenvalue weighted by atomic mass is 16.4. The molecule has 1 saturated heterocycles. The molecule has 1 aromatic carbocycles. The fraction of sp³-hybridized carbons (Fsp3) is 0.333. The molecule has 0 saturated carbocycles. The van der Waals surface area contributed by atoms with Crippen LogP contribution in [-0.2, 0) is 6.42 Å². The fourth-order valence-corrected chi connectivity index (χ4v) is 3.44. The summed E-state index contributed by atoms with van der Waals surface area (Å²) in [5.41, 5.74) is 2.33. The van der Waals surface area contributed by atoms with Crippen LogP contribution in [0, 0.1) is 6.92 Å². The standard InChI is InChI=1S/C21H22N4O2/c1-15-12-23-18(14-22-15)21(26)25-10-6-5-9-19(25)20-24-13-17(27-20)11-16-7-3-2-4-8-16/h2-4,7-8,12-14,19H,5-6,9-11H2,1H3/t19-/m0/s1. The van der Waals surface area contributed by atoms with Gasteiger partial charge in [-0.05, 0) is 31.7 Å². The lowest BCUT2D eigenvalue weighted by molar-refractivity contribution is 0.0563. The molecule has 6 heteroatoms. The van der Waals surface area contributed by atoms with Crippen molar-refractivity contribution in [1.82, 2.24) is 19.9 Å². The van der Waals surface area contributed by atoms with E-state index in [1.54, 1.807) is 18.6 Å². The molecule has 0 aliphatic carbocycles. The Labute approximate surface area is 158 Å². The number of benzene rings is 1. The van der Waals surface area contributed by atoms with Crippen LogP contribution in [0.3, 0.4) is 0 Å². The maximum Gasteiger partial charge on any atom is 0.274 e. The van der Waals surface area contributed by atoms with Crippen molar-refractivity contribution in [3.63, 3.8) is 0 Å². The topological polar surface area (TPSA) is 72.1 Å². The Bertz CT molecular complexity index is 905. The van der Waals surface area contributed by atoms with Gasteiger partial charge in [-0.3, -0.25) is 9.78 Å². The smallest absolute Gasteiger partial charge is 0.274 e. The Hall–Kier alpha value is -3.02. The first-order valence-corrected chi connectivity index (χ1v) is 9.29. The minimum atomic E-state index is -0.154. The van der Waals surface area contributed by atoms with Gasteiger partial charge in [0.25, 0.3) is 5.91 Å². The zero-order chi connectivity index (χ0) is 18.6. The molecule has 0 N–H and O–H groups in total. The van der Waals surface area contributed by atoms with E-state index in [1.807, 2.05) is 30.0 Å². The molecule has 0 radical (unpaired) electrons. The van der Waals surface area contributed by atoms with Crippen molar-refractivity contribution in [3.8, 4) is 0 Å². The summed E-state index contributed by atoms with van der Waals surface area (Å²) in [6.45, 7) is 2.53. The van der Waals surface area contributed by atoms with Crippen molar-refractivity contribution in [3.05, 3.63) is 77.5 Å². The number of oxazole rings is 1. The molecule has 1 aliphatic heterocycles. The van der Waals surface area contributed by atoms with Gasteiger partial charge in [-0.2, -0.15) is 0 Å². The Morgan fingerprint density at radius 2 is 1.96 bits per heavy atom. The third kappa shape index (κ3) is 3.89. The first-order valence-electron chi connectivity index (χ1n) is 9.29. The number of hydrogen-bond acceptors (Lipinski definition) is 5. The van der Waals surface area contributed by atoms with E-state index in [4.69, 9.17) is 4.42 Å². The van der Waals surface area contributed by atoms with Gasteiger partial charge in [0.2, 0.25) is 5.89 Å². The molecule has 4 rings (SSSR count). The molecule has 6 nitrogen and oxygen atoms in total. The summed E-state index contributed by atoms with van der Waals surface area (Å²) in [6, 6.07) is 9.99. The van der Waals surface area contributed by atoms with Crippen LogP contribution in [-0.4, -0.2) is 32.3 Å². The van der Waals surface area contributed by atoms with Crippen molar-refractivity contribution >= 4 is 5.91 Å². The molecule has 0 unspecified atom stereocenters. The number of nitrogens with zero attached hydrogens (tertiary/aromatic N) is 4. The Morgan fingerprint density at radius 1 is 1.11 bits per heavy atom. The zero-order valence-corrected chi connectivity index (χ0v) is 15.3. The minimum Gasteiger partial charge on any atom is -0.443 e. The third-order valence-corrected chi connectivity index (χ3v) is 4.84. The van der Waals surface area contributed by atoms with Crippen molar-refractivity contribution in [2.75, 3.05) is 6.54 Å². The average Bonchev–Trinajstić information content (AvgIpc) is 3.17. The number of aromatic nitrogens is 3. The molecule has 3 heterocycles. The van der Waals surface area contributed by atoms with Crippen LogP contribution >= 0.6 is 0 Å². The number of amides is 1. The predicted molar refractivity (Wildman–Crippen MR) is 100 cm³/mol. The monoisotopic (exact) mass is 362 g/mol. The molecular weight excluding hydrogens is 340 g/mol. The van der Waals surface area contributed by atoms with Gasteiger partial charge < -0.3 is 9.32 Å². The molecule has 0 bridgehead atoms. The summed E-state index contributed by atoms with van der Waals surface area (Å²) in [5.74, 6) is 1.30. The van der Waals surface area contributed by atoms with Crippen LogP contribution in [0.15, 0.2) is 53.3 Å². The SMILES string of the molecule is Cc1cnc(C(=O)N2CCCC[C@H]2c2ncc(Cc3ccccc3)o2)cn1. The summed E-state index contributed by atoms with van der Waals surface area (Å²) in [4.78, 5) is 27.7. The summed E-state index contributed by atoms with van der Waals surface area (Å²) >= 11 is 0. The highest BCUT2D eigenvalue weighted by Crippen LogP contribution is 2.32. The summed E-state index contributed by atoms with van der Waals surface area (Å²) < 4.78 is 6.02. The van der Waals surface area contributed by atoms with E-state index in [-0.39, 0.29) is 11.9 Å². The number of rotatable bonds is 4. The van der Waals surface area contributed by atoms with Crippen LogP contribution in [0.4, 0.5) is 0 Å². The van der Waals surface area contributed by atoms with Crippen LogP contribution in [0.5, 0.6) is 0 Å². The van der Waals surface area contributed by atoms with E-state index in [2.05, 4.69) is 27.1 Å². The Balaban J connectivity index is 1.54. The van der Waals surface area contributed by atoms with Crippen LogP contribution in [0.25, 0.3) is 0 Å². The van der Waals surface area contributed by atoms with Gasteiger partial charge in [0.05, 0.1) is 18.1 Å². The number of carbonyl (C=O) groups is 1. The van der Waals surface area contributed by atoms with E-state index in [1.165, 1.54) is 5.56 Å². The molecule has 138 valence electrons. The number of hydrogen-bond donors (Lipinski definition) is 0. The molecular formula is C21H22N4O2. The molecule has 2 aromatic heterocycles. The zero-order valence-electron chi connectivity index (χ0n) is 15.3. The first-order chi connectivity index (χ1) is 13.2. The number of likely N-dealkylation sites (tertiary alicyclic amines) is 1. The summed E-state index contributed by atoms with van der Waals surface area (Å²) in [5, 5.41) is 0. The van der Waals surface area contributed by atoms with Crippen molar-refractivity contribution in [1.29, 1.82) is 0 Å². The summed E-state index contributed by atoms with van der Waals surface area (Å²) in [7, 11) is 0. The summed E-state index contributed by atoms with van der Waals surface area (Å²) in [6.07, 6.45) is 8.48. The molecule has 1 aliphatic rings. The van der Waals surface area contributed by atoms with E-state index in [9.17, 15) is 4.79 Å². The first kappa shape index (κ1) is 17.4. The van der Waals surface area contributed by atoms with Gasteiger partial charge in [0, 0.05) is 19.2 Å². The number of aryl methyl sites for hydroxylation is 1. The van der Waals surface area contributed by atoms with Crippen LogP contribution < -0.4 is 0 Å². The molecule has 3 aromatic rings.